The third-order valence-electron chi connectivity index (χ3n) is 10.1. The molecule has 4 heterocycles. The van der Waals surface area contributed by atoms with Crippen LogP contribution in [0.3, 0.4) is 0 Å². The Labute approximate surface area is 320 Å². The van der Waals surface area contributed by atoms with Crippen molar-refractivity contribution in [2.45, 2.75) is 84.5 Å². The molecule has 0 bridgehead atoms. The molecular weight excluding hydrogens is 702 g/mol. The van der Waals surface area contributed by atoms with Crippen LogP contribution in [0, 0.1) is 23.7 Å². The summed E-state index contributed by atoms with van der Waals surface area (Å²) < 4.78 is 15.1. The molecule has 0 unspecified atom stereocenters. The maximum absolute atomic E-state index is 13.6. The van der Waals surface area contributed by atoms with Crippen molar-refractivity contribution in [2.24, 2.45) is 11.8 Å². The van der Waals surface area contributed by atoms with E-state index in [2.05, 4.69) is 32.1 Å². The van der Waals surface area contributed by atoms with E-state index >= 15 is 0 Å². The van der Waals surface area contributed by atoms with Crippen LogP contribution in [0.2, 0.25) is 0 Å². The molecule has 3 N–H and O–H groups in total. The van der Waals surface area contributed by atoms with E-state index in [1.54, 1.807) is 22.9 Å². The number of likely N-dealkylation sites (tertiary alicyclic amines) is 2. The van der Waals surface area contributed by atoms with E-state index in [0.717, 1.165) is 59.1 Å². The van der Waals surface area contributed by atoms with Gasteiger partial charge in [0, 0.05) is 24.2 Å². The topological polar surface area (TPSA) is 172 Å². The zero-order valence-electron chi connectivity index (χ0n) is 32.2. The number of amides is 3. The number of ether oxygens (including phenoxy) is 3. The lowest BCUT2D eigenvalue weighted by molar-refractivity contribution is -0.145. The third-order valence-corrected chi connectivity index (χ3v) is 10.1. The molecule has 0 spiro atoms. The number of hydrogen-bond donors (Lipinski definition) is 3. The third kappa shape index (κ3) is 8.77. The fraction of sp³-hybridized carbons (Fsp3) is 0.463. The molecular formula is C41H49N7O7. The molecule has 4 atom stereocenters. The zero-order chi connectivity index (χ0) is 39.2. The number of alkyl carbamates (subject to hydrolysis) is 1. The average molecular weight is 752 g/mol. The van der Waals surface area contributed by atoms with Gasteiger partial charge in [-0.2, -0.15) is 0 Å². The van der Waals surface area contributed by atoms with Crippen LogP contribution >= 0.6 is 0 Å². The SMILES string of the molecule is CCOC(=O)O[C@H](C(=O)N1CCC[C@H]1c1nc2ccc(C#Cc3ccc(-c4cnc([C@@H]5CCCN5C(=O)[C@@H](NC(=O)OC)C(C)C)[nH]4)cc3)cc2[nH]1)C(C)C. The van der Waals surface area contributed by atoms with Crippen LogP contribution < -0.4 is 5.32 Å². The first kappa shape index (κ1) is 38.9. The summed E-state index contributed by atoms with van der Waals surface area (Å²) >= 11 is 0. The number of benzene rings is 2. The van der Waals surface area contributed by atoms with Gasteiger partial charge in [0.2, 0.25) is 5.91 Å². The number of carbonyl (C=O) groups excluding carboxylic acids is 4. The molecule has 0 saturated carbocycles. The van der Waals surface area contributed by atoms with Crippen molar-refractivity contribution < 1.29 is 33.4 Å². The Morgan fingerprint density at radius 3 is 2.18 bits per heavy atom. The molecule has 2 aromatic carbocycles. The number of aromatic nitrogens is 4. The highest BCUT2D eigenvalue weighted by Gasteiger charge is 2.39. The van der Waals surface area contributed by atoms with Gasteiger partial charge < -0.3 is 39.3 Å². The van der Waals surface area contributed by atoms with E-state index in [9.17, 15) is 19.2 Å². The number of aromatic amines is 2. The standard InChI is InChI=1S/C41H49N7O7/c1-7-54-41(52)55-35(25(4)5)39(50)48-21-9-11-33(48)37-43-29-19-16-27(22-30(29)44-37)13-12-26-14-17-28(18-15-26)31-23-42-36(45-31)32-10-8-20-47(32)38(49)34(24(2)3)46-40(51)53-6/h14-19,22-25,32-35H,7-11,20-21H2,1-6H3,(H,42,45)(H,43,44)(H,46,51)/t32-,33-,34-,35-/m0/s1. The molecule has 3 amide bonds. The first-order valence-corrected chi connectivity index (χ1v) is 18.9. The molecule has 4 aromatic rings. The summed E-state index contributed by atoms with van der Waals surface area (Å²) in [5, 5.41) is 2.68. The number of nitrogens with zero attached hydrogens (tertiary/aromatic N) is 4. The second kappa shape index (κ2) is 17.1. The predicted octanol–water partition coefficient (Wildman–Crippen LogP) is 6.26. The van der Waals surface area contributed by atoms with Crippen LogP contribution in [0.5, 0.6) is 0 Å². The van der Waals surface area contributed by atoms with Gasteiger partial charge in [0.15, 0.2) is 6.10 Å². The molecule has 55 heavy (non-hydrogen) atoms. The van der Waals surface area contributed by atoms with E-state index < -0.39 is 24.4 Å². The first-order valence-electron chi connectivity index (χ1n) is 18.9. The highest BCUT2D eigenvalue weighted by Crippen LogP contribution is 2.34. The van der Waals surface area contributed by atoms with Crippen molar-refractivity contribution in [2.75, 3.05) is 26.8 Å². The summed E-state index contributed by atoms with van der Waals surface area (Å²) in [7, 11) is 1.28. The number of rotatable bonds is 10. The summed E-state index contributed by atoms with van der Waals surface area (Å²) in [5.41, 5.74) is 5.00. The Bertz CT molecular complexity index is 2080. The number of nitrogens with one attached hydrogen (secondary N) is 3. The van der Waals surface area contributed by atoms with Crippen molar-refractivity contribution in [1.82, 2.24) is 35.1 Å². The summed E-state index contributed by atoms with van der Waals surface area (Å²) in [6.07, 6.45) is 2.52. The molecule has 2 aromatic heterocycles. The van der Waals surface area contributed by atoms with Gasteiger partial charge in [-0.3, -0.25) is 9.59 Å². The molecule has 2 aliphatic heterocycles. The molecule has 0 radical (unpaired) electrons. The van der Waals surface area contributed by atoms with E-state index in [1.807, 2.05) is 70.2 Å². The van der Waals surface area contributed by atoms with Crippen molar-refractivity contribution in [3.05, 3.63) is 71.4 Å². The van der Waals surface area contributed by atoms with Gasteiger partial charge in [0.05, 0.1) is 48.7 Å². The number of fused-ring (bicyclic) bond motifs is 1. The average Bonchev–Trinajstić information content (AvgIpc) is 4.00. The first-order chi connectivity index (χ1) is 26.5. The highest BCUT2D eigenvalue weighted by molar-refractivity contribution is 5.86. The normalized spacial score (nSPS) is 17.9. The Morgan fingerprint density at radius 1 is 0.873 bits per heavy atom. The Morgan fingerprint density at radius 2 is 1.53 bits per heavy atom. The number of methoxy groups -OCH3 is 1. The van der Waals surface area contributed by atoms with Crippen LogP contribution in [0.4, 0.5) is 9.59 Å². The smallest absolute Gasteiger partial charge is 0.453 e. The largest absolute Gasteiger partial charge is 0.509 e. The number of hydrogen-bond acceptors (Lipinski definition) is 9. The second-order valence-corrected chi connectivity index (χ2v) is 14.6. The van der Waals surface area contributed by atoms with Crippen LogP contribution in [0.25, 0.3) is 22.3 Å². The van der Waals surface area contributed by atoms with Crippen LogP contribution in [-0.2, 0) is 23.8 Å². The fourth-order valence-corrected chi connectivity index (χ4v) is 7.19. The molecule has 2 saturated heterocycles. The van der Waals surface area contributed by atoms with Gasteiger partial charge >= 0.3 is 12.2 Å². The van der Waals surface area contributed by atoms with Gasteiger partial charge in [-0.25, -0.2) is 19.6 Å². The lowest BCUT2D eigenvalue weighted by atomic mass is 10.0. The van der Waals surface area contributed by atoms with Gasteiger partial charge in [0.25, 0.3) is 5.91 Å². The molecule has 0 aliphatic carbocycles. The Kier molecular flexibility index (Phi) is 12.1. The fourth-order valence-electron chi connectivity index (χ4n) is 7.19. The molecule has 2 aliphatic rings. The maximum atomic E-state index is 13.6. The van der Waals surface area contributed by atoms with Crippen molar-refractivity contribution >= 4 is 35.1 Å². The quantitative estimate of drug-likeness (QED) is 0.125. The Balaban J connectivity index is 1.12. The summed E-state index contributed by atoms with van der Waals surface area (Å²) in [6.45, 7) is 10.5. The van der Waals surface area contributed by atoms with Crippen LogP contribution in [0.1, 0.15) is 95.2 Å². The van der Waals surface area contributed by atoms with Crippen molar-refractivity contribution in [1.29, 1.82) is 0 Å². The predicted molar refractivity (Wildman–Crippen MR) is 204 cm³/mol. The summed E-state index contributed by atoms with van der Waals surface area (Å²) in [4.78, 5) is 70.9. The monoisotopic (exact) mass is 751 g/mol. The van der Waals surface area contributed by atoms with E-state index in [0.29, 0.717) is 24.7 Å². The van der Waals surface area contributed by atoms with E-state index in [1.165, 1.54) is 7.11 Å². The lowest BCUT2D eigenvalue weighted by Gasteiger charge is -2.30. The molecule has 6 rings (SSSR count). The second-order valence-electron chi connectivity index (χ2n) is 14.6. The summed E-state index contributed by atoms with van der Waals surface area (Å²) in [6, 6.07) is 12.5. The van der Waals surface area contributed by atoms with Crippen LogP contribution in [-0.4, -0.2) is 92.8 Å². The van der Waals surface area contributed by atoms with E-state index in [-0.39, 0.29) is 42.3 Å². The van der Waals surface area contributed by atoms with Gasteiger partial charge in [-0.05, 0) is 80.3 Å². The summed E-state index contributed by atoms with van der Waals surface area (Å²) in [5.74, 6) is 7.14. The number of carbonyl (C=O) groups is 4. The molecule has 290 valence electrons. The number of H-pyrrole nitrogens is 2. The molecule has 14 heteroatoms. The number of imidazole rings is 2. The lowest BCUT2D eigenvalue weighted by Crippen LogP contribution is -2.51. The maximum Gasteiger partial charge on any atom is 0.509 e. The molecule has 2 fully saturated rings. The van der Waals surface area contributed by atoms with Crippen molar-refractivity contribution in [3.8, 4) is 23.1 Å². The van der Waals surface area contributed by atoms with Gasteiger partial charge in [-0.15, -0.1) is 0 Å². The molecule has 14 nitrogen and oxygen atoms in total. The van der Waals surface area contributed by atoms with E-state index in [4.69, 9.17) is 19.2 Å². The minimum Gasteiger partial charge on any atom is -0.453 e. The minimum atomic E-state index is -0.945. The van der Waals surface area contributed by atoms with Gasteiger partial charge in [0.1, 0.15) is 17.7 Å². The highest BCUT2D eigenvalue weighted by atomic mass is 16.7. The van der Waals surface area contributed by atoms with Crippen LogP contribution in [0.15, 0.2) is 48.7 Å². The Hall–Kier alpha value is -5.84. The zero-order valence-corrected chi connectivity index (χ0v) is 32.2. The minimum absolute atomic E-state index is 0.111. The van der Waals surface area contributed by atoms with Gasteiger partial charge in [-0.1, -0.05) is 51.7 Å². The van der Waals surface area contributed by atoms with Crippen molar-refractivity contribution in [3.63, 3.8) is 0 Å².